The van der Waals surface area contributed by atoms with Gasteiger partial charge in [0, 0.05) is 64.7 Å². The summed E-state index contributed by atoms with van der Waals surface area (Å²) in [6.07, 6.45) is 6.19. The number of nitrogens with zero attached hydrogens (tertiary/aromatic N) is 5. The number of hydrogen-bond acceptors (Lipinski definition) is 5. The first-order valence-electron chi connectivity index (χ1n) is 9.68. The molecule has 2 aliphatic heterocycles. The highest BCUT2D eigenvalue weighted by molar-refractivity contribution is 5.47. The molecule has 2 fully saturated rings. The minimum absolute atomic E-state index is 0.180. The first-order chi connectivity index (χ1) is 12.7. The van der Waals surface area contributed by atoms with Crippen molar-refractivity contribution >= 4 is 5.69 Å². The van der Waals surface area contributed by atoms with Gasteiger partial charge in [-0.15, -0.1) is 5.10 Å². The van der Waals surface area contributed by atoms with Crippen LogP contribution in [-0.4, -0.2) is 59.3 Å². The third-order valence-electron chi connectivity index (χ3n) is 5.71. The van der Waals surface area contributed by atoms with Crippen LogP contribution in [0.4, 0.5) is 5.69 Å². The number of anilines is 1. The van der Waals surface area contributed by atoms with Crippen LogP contribution >= 0.6 is 0 Å². The van der Waals surface area contributed by atoms with Crippen LogP contribution in [0.1, 0.15) is 36.4 Å². The molecule has 2 atom stereocenters. The fourth-order valence-corrected chi connectivity index (χ4v) is 4.26. The Morgan fingerprint density at radius 2 is 1.85 bits per heavy atom. The van der Waals surface area contributed by atoms with Crippen molar-refractivity contribution in [1.82, 2.24) is 19.9 Å². The summed E-state index contributed by atoms with van der Waals surface area (Å²) in [6, 6.07) is 9.12. The highest BCUT2D eigenvalue weighted by Crippen LogP contribution is 2.29. The van der Waals surface area contributed by atoms with Crippen LogP contribution in [0, 0.1) is 0 Å². The lowest BCUT2D eigenvalue weighted by atomic mass is 10.0. The monoisotopic (exact) mass is 355 g/mol. The number of piperidine rings is 1. The highest BCUT2D eigenvalue weighted by Gasteiger charge is 2.35. The Morgan fingerprint density at radius 3 is 2.50 bits per heavy atom. The van der Waals surface area contributed by atoms with Gasteiger partial charge in [0.15, 0.2) is 0 Å². The first-order valence-corrected chi connectivity index (χ1v) is 9.68. The van der Waals surface area contributed by atoms with E-state index in [2.05, 4.69) is 44.4 Å². The zero-order chi connectivity index (χ0) is 17.9. The largest absolute Gasteiger partial charge is 0.379 e. The standard InChI is InChI=1S/C20H29N5O/c1-23-14-19(21-22-23)18-13-24(15-20(18)26-2)12-16-6-8-17(9-7-16)25-10-4-3-5-11-25/h6-9,14,18,20H,3-5,10-13,15H2,1-2H3/t18-,20+/m0/s1. The summed E-state index contributed by atoms with van der Waals surface area (Å²) in [5.74, 6) is 0.293. The first kappa shape index (κ1) is 17.5. The molecule has 4 rings (SSSR count). The van der Waals surface area contributed by atoms with Gasteiger partial charge >= 0.3 is 0 Å². The van der Waals surface area contributed by atoms with E-state index in [1.54, 1.807) is 11.8 Å². The van der Waals surface area contributed by atoms with E-state index in [9.17, 15) is 0 Å². The molecule has 1 aromatic heterocycles. The van der Waals surface area contributed by atoms with Crippen LogP contribution in [0.15, 0.2) is 30.5 Å². The molecule has 0 radical (unpaired) electrons. The van der Waals surface area contributed by atoms with E-state index in [-0.39, 0.29) is 6.10 Å². The number of benzene rings is 1. The number of methoxy groups -OCH3 is 1. The van der Waals surface area contributed by atoms with Gasteiger partial charge in [-0.2, -0.15) is 0 Å². The van der Waals surface area contributed by atoms with Crippen LogP contribution in [0.25, 0.3) is 0 Å². The molecule has 3 heterocycles. The Morgan fingerprint density at radius 1 is 1.08 bits per heavy atom. The average Bonchev–Trinajstić information content (AvgIpc) is 3.29. The van der Waals surface area contributed by atoms with Crippen molar-refractivity contribution in [2.24, 2.45) is 7.05 Å². The molecule has 0 bridgehead atoms. The SMILES string of the molecule is CO[C@@H]1CN(Cc2ccc(N3CCCCC3)cc2)C[C@H]1c1cn(C)nn1. The number of ether oxygens (including phenoxy) is 1. The minimum atomic E-state index is 0.180. The van der Waals surface area contributed by atoms with E-state index >= 15 is 0 Å². The number of rotatable bonds is 5. The fraction of sp³-hybridized carbons (Fsp3) is 0.600. The van der Waals surface area contributed by atoms with Gasteiger partial charge in [0.25, 0.3) is 0 Å². The van der Waals surface area contributed by atoms with E-state index in [1.165, 1.54) is 43.6 Å². The molecule has 0 spiro atoms. The molecule has 0 aliphatic carbocycles. The van der Waals surface area contributed by atoms with E-state index in [1.807, 2.05) is 13.2 Å². The predicted octanol–water partition coefficient (Wildman–Crippen LogP) is 2.42. The fourth-order valence-electron chi connectivity index (χ4n) is 4.26. The lowest BCUT2D eigenvalue weighted by molar-refractivity contribution is 0.0957. The summed E-state index contributed by atoms with van der Waals surface area (Å²) in [7, 11) is 3.71. The van der Waals surface area contributed by atoms with E-state index in [0.29, 0.717) is 5.92 Å². The minimum Gasteiger partial charge on any atom is -0.379 e. The van der Waals surface area contributed by atoms with Gasteiger partial charge < -0.3 is 9.64 Å². The van der Waals surface area contributed by atoms with Crippen LogP contribution < -0.4 is 4.90 Å². The van der Waals surface area contributed by atoms with Gasteiger partial charge in [0.2, 0.25) is 0 Å². The van der Waals surface area contributed by atoms with E-state index in [4.69, 9.17) is 4.74 Å². The third-order valence-corrected chi connectivity index (χ3v) is 5.71. The number of hydrogen-bond donors (Lipinski definition) is 0. The van der Waals surface area contributed by atoms with E-state index in [0.717, 1.165) is 25.3 Å². The quantitative estimate of drug-likeness (QED) is 0.824. The predicted molar refractivity (Wildman–Crippen MR) is 102 cm³/mol. The summed E-state index contributed by atoms with van der Waals surface area (Å²) in [4.78, 5) is 4.97. The van der Waals surface area contributed by atoms with Crippen molar-refractivity contribution in [3.8, 4) is 0 Å². The third kappa shape index (κ3) is 3.76. The van der Waals surface area contributed by atoms with Gasteiger partial charge in [0.1, 0.15) is 0 Å². The normalized spacial score (nSPS) is 24.3. The van der Waals surface area contributed by atoms with Crippen LogP contribution in [-0.2, 0) is 18.3 Å². The molecule has 0 N–H and O–H groups in total. The molecule has 0 unspecified atom stereocenters. The Balaban J connectivity index is 1.39. The smallest absolute Gasteiger partial charge is 0.0897 e. The Kier molecular flexibility index (Phi) is 5.22. The maximum Gasteiger partial charge on any atom is 0.0897 e. The van der Waals surface area contributed by atoms with Crippen LogP contribution in [0.3, 0.4) is 0 Å². The topological polar surface area (TPSA) is 46.4 Å². The zero-order valence-corrected chi connectivity index (χ0v) is 15.8. The molecule has 0 amide bonds. The molecule has 2 aliphatic rings. The van der Waals surface area contributed by atoms with Gasteiger partial charge in [-0.25, -0.2) is 0 Å². The molecule has 6 heteroatoms. The second-order valence-electron chi connectivity index (χ2n) is 7.61. The number of likely N-dealkylation sites (tertiary alicyclic amines) is 1. The molecule has 2 aromatic rings. The van der Waals surface area contributed by atoms with Gasteiger partial charge in [-0.05, 0) is 37.0 Å². The molecule has 1 aromatic carbocycles. The van der Waals surface area contributed by atoms with Crippen LogP contribution in [0.5, 0.6) is 0 Å². The maximum atomic E-state index is 5.73. The van der Waals surface area contributed by atoms with Crippen molar-refractivity contribution < 1.29 is 4.74 Å². The highest BCUT2D eigenvalue weighted by atomic mass is 16.5. The van der Waals surface area contributed by atoms with Crippen molar-refractivity contribution in [2.75, 3.05) is 38.2 Å². The average molecular weight is 355 g/mol. The second kappa shape index (κ2) is 7.76. The van der Waals surface area contributed by atoms with Crippen LogP contribution in [0.2, 0.25) is 0 Å². The summed E-state index contributed by atoms with van der Waals surface area (Å²) in [6.45, 7) is 5.25. The summed E-state index contributed by atoms with van der Waals surface area (Å²) < 4.78 is 7.50. The molecular weight excluding hydrogens is 326 g/mol. The number of aryl methyl sites for hydroxylation is 1. The molecule has 26 heavy (non-hydrogen) atoms. The molecule has 2 saturated heterocycles. The van der Waals surface area contributed by atoms with Crippen molar-refractivity contribution in [2.45, 2.75) is 37.8 Å². The molecule has 6 nitrogen and oxygen atoms in total. The van der Waals surface area contributed by atoms with Crippen molar-refractivity contribution in [1.29, 1.82) is 0 Å². The second-order valence-corrected chi connectivity index (χ2v) is 7.61. The summed E-state index contributed by atoms with van der Waals surface area (Å²) in [5, 5.41) is 8.38. The Labute approximate surface area is 155 Å². The Hall–Kier alpha value is -1.92. The van der Waals surface area contributed by atoms with Gasteiger partial charge in [0.05, 0.1) is 11.8 Å². The lowest BCUT2D eigenvalue weighted by Crippen LogP contribution is -2.29. The van der Waals surface area contributed by atoms with E-state index < -0.39 is 0 Å². The lowest BCUT2D eigenvalue weighted by Gasteiger charge is -2.29. The maximum absolute atomic E-state index is 5.73. The van der Waals surface area contributed by atoms with Crippen molar-refractivity contribution in [3.63, 3.8) is 0 Å². The summed E-state index contributed by atoms with van der Waals surface area (Å²) >= 11 is 0. The molecular formula is C20H29N5O. The summed E-state index contributed by atoms with van der Waals surface area (Å²) in [5.41, 5.74) is 3.75. The van der Waals surface area contributed by atoms with Crippen molar-refractivity contribution in [3.05, 3.63) is 41.7 Å². The molecule has 0 saturated carbocycles. The number of aromatic nitrogens is 3. The van der Waals surface area contributed by atoms with Gasteiger partial charge in [-0.3, -0.25) is 9.58 Å². The zero-order valence-electron chi connectivity index (χ0n) is 15.8. The molecule has 140 valence electrons. The Bertz CT molecular complexity index is 707. The van der Waals surface area contributed by atoms with Gasteiger partial charge in [-0.1, -0.05) is 17.3 Å².